The highest BCUT2D eigenvalue weighted by molar-refractivity contribution is 5.76. The average molecular weight is 1130 g/mol. The van der Waals surface area contributed by atoms with Gasteiger partial charge in [0.25, 0.3) is 0 Å². The number of ether oxygens (including phenoxy) is 1. The lowest BCUT2D eigenvalue weighted by Gasteiger charge is -2.22. The minimum atomic E-state index is -0.665. The summed E-state index contributed by atoms with van der Waals surface area (Å²) in [6.07, 6.45) is 87.0. The maximum atomic E-state index is 12.6. The van der Waals surface area contributed by atoms with Gasteiger partial charge in [0.2, 0.25) is 5.91 Å². The van der Waals surface area contributed by atoms with Crippen molar-refractivity contribution in [3.05, 3.63) is 12.2 Å². The van der Waals surface area contributed by atoms with E-state index in [1.54, 1.807) is 0 Å². The molecule has 0 spiro atoms. The Morgan fingerprint density at radius 1 is 0.338 bits per heavy atom. The predicted octanol–water partition coefficient (Wildman–Crippen LogP) is 23.9. The molecule has 0 fully saturated rings. The van der Waals surface area contributed by atoms with E-state index in [1.807, 2.05) is 0 Å². The van der Waals surface area contributed by atoms with Crippen LogP contribution in [-0.2, 0) is 14.3 Å². The Morgan fingerprint density at radius 2 is 0.588 bits per heavy atom. The van der Waals surface area contributed by atoms with Crippen LogP contribution in [0.15, 0.2) is 12.2 Å². The van der Waals surface area contributed by atoms with Crippen molar-refractivity contribution in [2.24, 2.45) is 0 Å². The fourth-order valence-electron chi connectivity index (χ4n) is 11.9. The smallest absolute Gasteiger partial charge is 0.305 e. The standard InChI is InChI=1S/C74H145NO5/c1-3-5-7-9-11-13-15-17-19-20-21-29-32-35-39-42-46-50-54-58-62-66-72(77)71(70-76)75-73(78)67-63-59-55-51-47-43-40-36-33-30-27-25-23-22-24-26-28-31-34-37-41-45-49-53-57-61-65-69-80-74(79)68-64-60-56-52-48-44-38-18-16-14-12-10-8-6-4-2/h22-23,71-72,76-77H,3-21,24-70H2,1-2H3,(H,75,78)/b23-22-. The summed E-state index contributed by atoms with van der Waals surface area (Å²) in [5.41, 5.74) is 0. The van der Waals surface area contributed by atoms with Crippen LogP contribution in [0.4, 0.5) is 0 Å². The first-order chi connectivity index (χ1) is 39.5. The van der Waals surface area contributed by atoms with Crippen LogP contribution in [-0.4, -0.2) is 47.4 Å². The van der Waals surface area contributed by atoms with Crippen molar-refractivity contribution in [3.8, 4) is 0 Å². The molecular formula is C74H145NO5. The van der Waals surface area contributed by atoms with Crippen molar-refractivity contribution in [1.29, 1.82) is 0 Å². The van der Waals surface area contributed by atoms with Crippen molar-refractivity contribution >= 4 is 11.9 Å². The number of aliphatic hydroxyl groups is 2. The molecule has 0 aromatic carbocycles. The van der Waals surface area contributed by atoms with Crippen LogP contribution in [0.5, 0.6) is 0 Å². The van der Waals surface area contributed by atoms with Gasteiger partial charge in [0.1, 0.15) is 0 Å². The first kappa shape index (κ1) is 78.6. The molecule has 0 aromatic rings. The number of hydrogen-bond acceptors (Lipinski definition) is 5. The molecule has 0 aliphatic heterocycles. The Balaban J connectivity index is 3.37. The van der Waals surface area contributed by atoms with Crippen molar-refractivity contribution in [3.63, 3.8) is 0 Å². The second-order valence-corrected chi connectivity index (χ2v) is 25.6. The number of aliphatic hydroxyl groups excluding tert-OH is 2. The zero-order valence-corrected chi connectivity index (χ0v) is 54.6. The SMILES string of the molecule is CCCCCCCCCCCCCCCCCCCCCCCC(O)C(CO)NC(=O)CCCCCCCCCCCCC/C=C\CCCCCCCCCCCCCCOC(=O)CCCCCCCCCCCCCCCCC. The number of esters is 1. The molecule has 0 bridgehead atoms. The first-order valence-corrected chi connectivity index (χ1v) is 36.9. The summed E-state index contributed by atoms with van der Waals surface area (Å²) in [4.78, 5) is 24.6. The molecule has 0 radical (unpaired) electrons. The van der Waals surface area contributed by atoms with E-state index in [9.17, 15) is 19.8 Å². The van der Waals surface area contributed by atoms with Crippen LogP contribution in [0.3, 0.4) is 0 Å². The fraction of sp³-hybridized carbons (Fsp3) is 0.946. The summed E-state index contributed by atoms with van der Waals surface area (Å²) in [7, 11) is 0. The lowest BCUT2D eigenvalue weighted by Crippen LogP contribution is -2.45. The topological polar surface area (TPSA) is 95.9 Å². The molecule has 0 saturated carbocycles. The number of rotatable bonds is 70. The lowest BCUT2D eigenvalue weighted by molar-refractivity contribution is -0.143. The molecule has 6 heteroatoms. The number of carbonyl (C=O) groups excluding carboxylic acids is 2. The van der Waals surface area contributed by atoms with Gasteiger partial charge in [0.05, 0.1) is 25.4 Å². The number of hydrogen-bond donors (Lipinski definition) is 3. The first-order valence-electron chi connectivity index (χ1n) is 36.9. The second-order valence-electron chi connectivity index (χ2n) is 25.6. The molecule has 0 rings (SSSR count). The third-order valence-electron chi connectivity index (χ3n) is 17.6. The van der Waals surface area contributed by atoms with E-state index in [0.717, 1.165) is 38.5 Å². The molecule has 0 aromatic heterocycles. The Hall–Kier alpha value is -1.40. The van der Waals surface area contributed by atoms with Crippen LogP contribution in [0, 0.1) is 0 Å². The molecular weight excluding hydrogens is 983 g/mol. The number of carbonyl (C=O) groups is 2. The molecule has 2 unspecified atom stereocenters. The van der Waals surface area contributed by atoms with Crippen molar-refractivity contribution in [2.75, 3.05) is 13.2 Å². The van der Waals surface area contributed by atoms with E-state index < -0.39 is 12.1 Å². The van der Waals surface area contributed by atoms with E-state index in [-0.39, 0.29) is 18.5 Å². The molecule has 1 amide bonds. The summed E-state index contributed by atoms with van der Waals surface area (Å²) in [6.45, 7) is 5.00. The highest BCUT2D eigenvalue weighted by atomic mass is 16.5. The maximum absolute atomic E-state index is 12.6. The second kappa shape index (κ2) is 70.1. The molecule has 0 heterocycles. The van der Waals surface area contributed by atoms with Crippen molar-refractivity contribution < 1.29 is 24.5 Å². The van der Waals surface area contributed by atoms with Crippen LogP contribution in [0.2, 0.25) is 0 Å². The van der Waals surface area contributed by atoms with Gasteiger partial charge < -0.3 is 20.3 Å². The number of amides is 1. The number of allylic oxidation sites excluding steroid dienone is 2. The van der Waals surface area contributed by atoms with Gasteiger partial charge in [-0.2, -0.15) is 0 Å². The Kier molecular flexibility index (Phi) is 68.9. The molecule has 6 nitrogen and oxygen atoms in total. The third kappa shape index (κ3) is 65.7. The van der Waals surface area contributed by atoms with Gasteiger partial charge in [-0.15, -0.1) is 0 Å². The van der Waals surface area contributed by atoms with E-state index in [4.69, 9.17) is 4.74 Å². The Bertz CT molecular complexity index is 1210. The minimum Gasteiger partial charge on any atom is -0.466 e. The molecule has 0 saturated heterocycles. The zero-order valence-electron chi connectivity index (χ0n) is 54.6. The van der Waals surface area contributed by atoms with Gasteiger partial charge in [-0.3, -0.25) is 9.59 Å². The van der Waals surface area contributed by atoms with Crippen LogP contribution < -0.4 is 5.32 Å². The van der Waals surface area contributed by atoms with Gasteiger partial charge in [-0.25, -0.2) is 0 Å². The fourth-order valence-corrected chi connectivity index (χ4v) is 11.9. The van der Waals surface area contributed by atoms with Gasteiger partial charge in [0, 0.05) is 12.8 Å². The van der Waals surface area contributed by atoms with Crippen LogP contribution in [0.25, 0.3) is 0 Å². The molecule has 0 aliphatic carbocycles. The third-order valence-corrected chi connectivity index (χ3v) is 17.6. The van der Waals surface area contributed by atoms with E-state index in [1.165, 1.54) is 353 Å². The number of nitrogens with one attached hydrogen (secondary N) is 1. The summed E-state index contributed by atoms with van der Waals surface area (Å²) >= 11 is 0. The molecule has 476 valence electrons. The summed E-state index contributed by atoms with van der Waals surface area (Å²) in [5, 5.41) is 23.4. The van der Waals surface area contributed by atoms with Crippen LogP contribution >= 0.6 is 0 Å². The normalized spacial score (nSPS) is 12.5. The van der Waals surface area contributed by atoms with Gasteiger partial charge in [-0.1, -0.05) is 373 Å². The molecule has 2 atom stereocenters. The minimum absolute atomic E-state index is 0.0192. The van der Waals surface area contributed by atoms with Gasteiger partial charge in [-0.05, 0) is 51.4 Å². The van der Waals surface area contributed by atoms with E-state index in [2.05, 4.69) is 31.3 Å². The van der Waals surface area contributed by atoms with E-state index >= 15 is 0 Å². The van der Waals surface area contributed by atoms with Crippen molar-refractivity contribution in [1.82, 2.24) is 5.32 Å². The van der Waals surface area contributed by atoms with E-state index in [0.29, 0.717) is 25.9 Å². The summed E-state index contributed by atoms with van der Waals surface area (Å²) in [5.74, 6) is -0.0114. The van der Waals surface area contributed by atoms with Crippen molar-refractivity contribution in [2.45, 2.75) is 437 Å². The highest BCUT2D eigenvalue weighted by Gasteiger charge is 2.20. The summed E-state index contributed by atoms with van der Waals surface area (Å²) in [6, 6.07) is -0.542. The van der Waals surface area contributed by atoms with Gasteiger partial charge >= 0.3 is 5.97 Å². The molecule has 3 N–H and O–H groups in total. The highest BCUT2D eigenvalue weighted by Crippen LogP contribution is 2.19. The maximum Gasteiger partial charge on any atom is 0.305 e. The zero-order chi connectivity index (χ0) is 57.8. The lowest BCUT2D eigenvalue weighted by atomic mass is 10.0. The summed E-state index contributed by atoms with van der Waals surface area (Å²) < 4.78 is 5.50. The van der Waals surface area contributed by atoms with Crippen LogP contribution in [0.1, 0.15) is 425 Å². The quantitative estimate of drug-likeness (QED) is 0.0320. The molecule has 80 heavy (non-hydrogen) atoms. The Morgan fingerprint density at radius 3 is 0.887 bits per heavy atom. The average Bonchev–Trinajstić information content (AvgIpc) is 3.46. The number of unbranched alkanes of at least 4 members (excludes halogenated alkanes) is 57. The molecule has 0 aliphatic rings. The monoisotopic (exact) mass is 1130 g/mol. The van der Waals surface area contributed by atoms with Gasteiger partial charge in [0.15, 0.2) is 0 Å². The Labute approximate surface area is 501 Å². The largest absolute Gasteiger partial charge is 0.466 e. The predicted molar refractivity (Wildman–Crippen MR) is 352 cm³/mol.